The van der Waals surface area contributed by atoms with Crippen molar-refractivity contribution in [3.63, 3.8) is 0 Å². The third-order valence-corrected chi connectivity index (χ3v) is 2.62. The maximum Gasteiger partial charge on any atom is 0.160 e. The van der Waals surface area contributed by atoms with Crippen LogP contribution in [0, 0.1) is 5.82 Å². The molecule has 1 heterocycles. The quantitative estimate of drug-likeness (QED) is 0.868. The van der Waals surface area contributed by atoms with Gasteiger partial charge in [0, 0.05) is 18.1 Å². The van der Waals surface area contributed by atoms with E-state index in [4.69, 9.17) is 23.2 Å². The van der Waals surface area contributed by atoms with Gasteiger partial charge in [0.05, 0.1) is 28.5 Å². The van der Waals surface area contributed by atoms with E-state index in [9.17, 15) is 4.39 Å². The van der Waals surface area contributed by atoms with Crippen molar-refractivity contribution in [1.82, 2.24) is 9.97 Å². The summed E-state index contributed by atoms with van der Waals surface area (Å²) in [4.78, 5) is 8.02. The molecule has 0 spiro atoms. The number of benzene rings is 1. The van der Waals surface area contributed by atoms with Crippen molar-refractivity contribution in [2.24, 2.45) is 0 Å². The van der Waals surface area contributed by atoms with Gasteiger partial charge in [-0.2, -0.15) is 0 Å². The van der Waals surface area contributed by atoms with E-state index >= 15 is 0 Å². The van der Waals surface area contributed by atoms with E-state index in [0.29, 0.717) is 12.2 Å². The number of hydrogen-bond donors (Lipinski definition) is 1. The zero-order valence-electron chi connectivity index (χ0n) is 8.62. The molecule has 88 valence electrons. The fourth-order valence-corrected chi connectivity index (χ4v) is 1.76. The van der Waals surface area contributed by atoms with Crippen LogP contribution in [0.2, 0.25) is 10.0 Å². The van der Waals surface area contributed by atoms with Crippen LogP contribution in [-0.2, 0) is 6.54 Å². The Balaban J connectivity index is 2.10. The van der Waals surface area contributed by atoms with Gasteiger partial charge < -0.3 is 5.32 Å². The predicted molar refractivity (Wildman–Crippen MR) is 65.8 cm³/mol. The monoisotopic (exact) mass is 271 g/mol. The van der Waals surface area contributed by atoms with Crippen LogP contribution in [0.1, 0.15) is 5.69 Å². The zero-order valence-corrected chi connectivity index (χ0v) is 10.1. The number of hydrogen-bond acceptors (Lipinski definition) is 3. The van der Waals surface area contributed by atoms with Crippen LogP contribution in [0.5, 0.6) is 0 Å². The molecule has 17 heavy (non-hydrogen) atoms. The van der Waals surface area contributed by atoms with Gasteiger partial charge in [0.25, 0.3) is 0 Å². The molecule has 1 aromatic carbocycles. The third kappa shape index (κ3) is 3.05. The molecule has 0 atom stereocenters. The van der Waals surface area contributed by atoms with Crippen molar-refractivity contribution in [2.45, 2.75) is 6.54 Å². The van der Waals surface area contributed by atoms with Crippen LogP contribution in [-0.4, -0.2) is 9.97 Å². The first-order chi connectivity index (χ1) is 8.16. The number of nitrogens with one attached hydrogen (secondary N) is 1. The zero-order chi connectivity index (χ0) is 12.3. The molecule has 1 aromatic heterocycles. The lowest BCUT2D eigenvalue weighted by atomic mass is 10.3. The Morgan fingerprint density at radius 1 is 1.18 bits per heavy atom. The lowest BCUT2D eigenvalue weighted by molar-refractivity contribution is 0.629. The van der Waals surface area contributed by atoms with Crippen LogP contribution in [0.3, 0.4) is 0 Å². The van der Waals surface area contributed by atoms with Gasteiger partial charge in [-0.1, -0.05) is 23.2 Å². The molecule has 2 aromatic rings. The average Bonchev–Trinajstić information content (AvgIpc) is 2.34. The molecule has 0 saturated carbocycles. The van der Waals surface area contributed by atoms with Crippen molar-refractivity contribution in [3.8, 4) is 0 Å². The van der Waals surface area contributed by atoms with E-state index < -0.39 is 5.82 Å². The maximum atomic E-state index is 13.2. The lowest BCUT2D eigenvalue weighted by Crippen LogP contribution is -2.02. The minimum Gasteiger partial charge on any atom is -0.379 e. The van der Waals surface area contributed by atoms with Gasteiger partial charge in [0.1, 0.15) is 0 Å². The van der Waals surface area contributed by atoms with Crippen molar-refractivity contribution >= 4 is 28.9 Å². The van der Waals surface area contributed by atoms with Crippen LogP contribution in [0.25, 0.3) is 0 Å². The number of rotatable bonds is 3. The van der Waals surface area contributed by atoms with Gasteiger partial charge in [-0.05, 0) is 12.1 Å². The van der Waals surface area contributed by atoms with Crippen LogP contribution in [0.15, 0.2) is 30.7 Å². The molecule has 0 unspecified atom stereocenters. The molecule has 0 amide bonds. The van der Waals surface area contributed by atoms with Crippen LogP contribution in [0.4, 0.5) is 10.1 Å². The normalized spacial score (nSPS) is 10.3. The standard InChI is InChI=1S/C11H8Cl2FN3/c12-9-3-7(4-10(13)11(9)14)17-6-8-5-15-1-2-16-8/h1-5,17H,6H2. The summed E-state index contributed by atoms with van der Waals surface area (Å²) in [6, 6.07) is 2.94. The Morgan fingerprint density at radius 3 is 2.47 bits per heavy atom. The highest BCUT2D eigenvalue weighted by Crippen LogP contribution is 2.27. The van der Waals surface area contributed by atoms with E-state index in [0.717, 1.165) is 5.69 Å². The van der Waals surface area contributed by atoms with E-state index in [1.165, 1.54) is 12.1 Å². The third-order valence-electron chi connectivity index (χ3n) is 2.07. The van der Waals surface area contributed by atoms with Gasteiger partial charge >= 0.3 is 0 Å². The predicted octanol–water partition coefficient (Wildman–Crippen LogP) is 3.53. The number of halogens is 3. The van der Waals surface area contributed by atoms with Crippen LogP contribution < -0.4 is 5.32 Å². The number of aromatic nitrogens is 2. The van der Waals surface area contributed by atoms with Crippen molar-refractivity contribution in [3.05, 3.63) is 52.3 Å². The van der Waals surface area contributed by atoms with Gasteiger partial charge in [0.2, 0.25) is 0 Å². The lowest BCUT2D eigenvalue weighted by Gasteiger charge is -2.07. The SMILES string of the molecule is Fc1c(Cl)cc(NCc2cnccn2)cc1Cl. The minimum absolute atomic E-state index is 0.0147. The van der Waals surface area contributed by atoms with E-state index in [1.54, 1.807) is 18.6 Å². The molecule has 0 aliphatic carbocycles. The second-order valence-electron chi connectivity index (χ2n) is 3.30. The van der Waals surface area contributed by atoms with Crippen LogP contribution >= 0.6 is 23.2 Å². The van der Waals surface area contributed by atoms with Gasteiger partial charge in [-0.3, -0.25) is 9.97 Å². The molecule has 0 aliphatic rings. The molecule has 0 bridgehead atoms. The molecule has 3 nitrogen and oxygen atoms in total. The first-order valence-electron chi connectivity index (χ1n) is 4.80. The molecule has 6 heteroatoms. The first-order valence-corrected chi connectivity index (χ1v) is 5.55. The topological polar surface area (TPSA) is 37.8 Å². The summed E-state index contributed by atoms with van der Waals surface area (Å²) in [6.07, 6.45) is 4.83. The Bertz CT molecular complexity index is 496. The molecule has 0 radical (unpaired) electrons. The summed E-state index contributed by atoms with van der Waals surface area (Å²) in [5.41, 5.74) is 1.40. The summed E-state index contributed by atoms with van der Waals surface area (Å²) < 4.78 is 13.2. The summed E-state index contributed by atoms with van der Waals surface area (Å²) in [7, 11) is 0. The van der Waals surface area contributed by atoms with Crippen molar-refractivity contribution < 1.29 is 4.39 Å². The Hall–Kier alpha value is -1.39. The Labute approximate surface area is 108 Å². The second-order valence-corrected chi connectivity index (χ2v) is 4.12. The fraction of sp³-hybridized carbons (Fsp3) is 0.0909. The van der Waals surface area contributed by atoms with E-state index in [-0.39, 0.29) is 10.0 Å². The molecular weight excluding hydrogens is 264 g/mol. The molecule has 0 aliphatic heterocycles. The smallest absolute Gasteiger partial charge is 0.160 e. The summed E-state index contributed by atoms with van der Waals surface area (Å²) in [5.74, 6) is -0.613. The summed E-state index contributed by atoms with van der Waals surface area (Å²) >= 11 is 11.3. The van der Waals surface area contributed by atoms with Gasteiger partial charge in [0.15, 0.2) is 5.82 Å². The average molecular weight is 272 g/mol. The fourth-order valence-electron chi connectivity index (χ4n) is 1.27. The largest absolute Gasteiger partial charge is 0.379 e. The molecule has 2 rings (SSSR count). The highest BCUT2D eigenvalue weighted by atomic mass is 35.5. The maximum absolute atomic E-state index is 13.2. The Kier molecular flexibility index (Phi) is 3.76. The number of nitrogens with zero attached hydrogens (tertiary/aromatic N) is 2. The molecule has 0 saturated heterocycles. The van der Waals surface area contributed by atoms with E-state index in [1.807, 2.05) is 0 Å². The summed E-state index contributed by atoms with van der Waals surface area (Å²) in [6.45, 7) is 0.464. The van der Waals surface area contributed by atoms with E-state index in [2.05, 4.69) is 15.3 Å². The highest BCUT2D eigenvalue weighted by molar-refractivity contribution is 6.35. The molecular formula is C11H8Cl2FN3. The first kappa shape index (κ1) is 12.1. The number of anilines is 1. The Morgan fingerprint density at radius 2 is 1.88 bits per heavy atom. The minimum atomic E-state index is -0.613. The molecule has 1 N–H and O–H groups in total. The van der Waals surface area contributed by atoms with Gasteiger partial charge in [-0.25, -0.2) is 4.39 Å². The van der Waals surface area contributed by atoms with Crippen molar-refractivity contribution in [1.29, 1.82) is 0 Å². The summed E-state index contributed by atoms with van der Waals surface area (Å²) in [5, 5.41) is 3.00. The highest BCUT2D eigenvalue weighted by Gasteiger charge is 2.07. The van der Waals surface area contributed by atoms with Crippen molar-refractivity contribution in [2.75, 3.05) is 5.32 Å². The van der Waals surface area contributed by atoms with Gasteiger partial charge in [-0.15, -0.1) is 0 Å². The molecule has 0 fully saturated rings. The second kappa shape index (κ2) is 5.29.